The molecule has 2 nitrogen and oxygen atoms in total. The van der Waals surface area contributed by atoms with Crippen LogP contribution in [0, 0.1) is 0 Å². The molecule has 0 aliphatic rings. The molecule has 0 radical (unpaired) electrons. The number of fused-ring (bicyclic) bond motifs is 1. The van der Waals surface area contributed by atoms with Gasteiger partial charge in [0.2, 0.25) is 5.88 Å². The first-order valence-electron chi connectivity index (χ1n) is 6.86. The van der Waals surface area contributed by atoms with Gasteiger partial charge in [0.05, 0.1) is 11.8 Å². The standard InChI is InChI=1S/C18H17NO/c1-13(2)20-18-16-11-7-6-10-15(16)12-17(19-18)14-8-4-3-5-9-14/h3-13H,1-2H3. The van der Waals surface area contributed by atoms with Gasteiger partial charge in [-0.25, -0.2) is 4.98 Å². The Labute approximate surface area is 119 Å². The van der Waals surface area contributed by atoms with Crippen LogP contribution in [-0.2, 0) is 0 Å². The molecule has 2 aromatic carbocycles. The van der Waals surface area contributed by atoms with E-state index < -0.39 is 0 Å². The number of rotatable bonds is 3. The molecule has 1 heterocycles. The molecule has 0 N–H and O–H groups in total. The summed E-state index contributed by atoms with van der Waals surface area (Å²) in [6, 6.07) is 20.5. The van der Waals surface area contributed by atoms with Crippen LogP contribution in [0.5, 0.6) is 5.88 Å². The van der Waals surface area contributed by atoms with Gasteiger partial charge in [0.15, 0.2) is 0 Å². The first-order valence-corrected chi connectivity index (χ1v) is 6.86. The Kier molecular flexibility index (Phi) is 3.38. The van der Waals surface area contributed by atoms with Gasteiger partial charge in [-0.2, -0.15) is 0 Å². The summed E-state index contributed by atoms with van der Waals surface area (Å²) in [5.41, 5.74) is 2.05. The van der Waals surface area contributed by atoms with Gasteiger partial charge >= 0.3 is 0 Å². The predicted octanol–water partition coefficient (Wildman–Crippen LogP) is 4.69. The Hall–Kier alpha value is -2.35. The van der Waals surface area contributed by atoms with Gasteiger partial charge in [-0.3, -0.25) is 0 Å². The number of hydrogen-bond acceptors (Lipinski definition) is 2. The highest BCUT2D eigenvalue weighted by Crippen LogP contribution is 2.29. The first kappa shape index (κ1) is 12.7. The van der Waals surface area contributed by atoms with Crippen LogP contribution in [0.2, 0.25) is 0 Å². The molecule has 0 spiro atoms. The second kappa shape index (κ2) is 5.33. The largest absolute Gasteiger partial charge is 0.474 e. The number of benzene rings is 2. The normalized spacial score (nSPS) is 10.9. The molecular weight excluding hydrogens is 246 g/mol. The number of aromatic nitrogens is 1. The second-order valence-corrected chi connectivity index (χ2v) is 5.07. The quantitative estimate of drug-likeness (QED) is 0.684. The van der Waals surface area contributed by atoms with Crippen molar-refractivity contribution in [3.05, 3.63) is 60.7 Å². The monoisotopic (exact) mass is 263 g/mol. The summed E-state index contributed by atoms with van der Waals surface area (Å²) in [6.45, 7) is 4.04. The fourth-order valence-electron chi connectivity index (χ4n) is 2.24. The number of hydrogen-bond donors (Lipinski definition) is 0. The molecule has 1 aromatic heterocycles. The summed E-state index contributed by atoms with van der Waals surface area (Å²) < 4.78 is 5.88. The molecule has 0 saturated heterocycles. The van der Waals surface area contributed by atoms with Crippen LogP contribution in [0.4, 0.5) is 0 Å². The van der Waals surface area contributed by atoms with Gasteiger partial charge in [-0.05, 0) is 31.4 Å². The van der Waals surface area contributed by atoms with E-state index >= 15 is 0 Å². The molecule has 0 aliphatic carbocycles. The average Bonchev–Trinajstić information content (AvgIpc) is 2.47. The Bertz CT molecular complexity index is 720. The molecule has 3 aromatic rings. The van der Waals surface area contributed by atoms with Crippen LogP contribution < -0.4 is 4.74 Å². The molecule has 3 rings (SSSR count). The third kappa shape index (κ3) is 2.50. The highest BCUT2D eigenvalue weighted by molar-refractivity contribution is 5.90. The van der Waals surface area contributed by atoms with Gasteiger partial charge in [0.25, 0.3) is 0 Å². The molecule has 0 unspecified atom stereocenters. The van der Waals surface area contributed by atoms with E-state index in [0.717, 1.165) is 22.0 Å². The topological polar surface area (TPSA) is 22.1 Å². The van der Waals surface area contributed by atoms with Crippen molar-refractivity contribution < 1.29 is 4.74 Å². The van der Waals surface area contributed by atoms with Gasteiger partial charge < -0.3 is 4.74 Å². The third-order valence-electron chi connectivity index (χ3n) is 3.12. The van der Waals surface area contributed by atoms with Crippen molar-refractivity contribution in [1.82, 2.24) is 4.98 Å². The van der Waals surface area contributed by atoms with E-state index in [1.165, 1.54) is 0 Å². The molecule has 20 heavy (non-hydrogen) atoms. The van der Waals surface area contributed by atoms with Crippen molar-refractivity contribution in [2.75, 3.05) is 0 Å². The summed E-state index contributed by atoms with van der Waals surface area (Å²) in [7, 11) is 0. The smallest absolute Gasteiger partial charge is 0.222 e. The van der Waals surface area contributed by atoms with Crippen molar-refractivity contribution in [2.24, 2.45) is 0 Å². The van der Waals surface area contributed by atoms with E-state index in [1.807, 2.05) is 44.2 Å². The number of nitrogens with zero attached hydrogens (tertiary/aromatic N) is 1. The van der Waals surface area contributed by atoms with E-state index in [-0.39, 0.29) is 6.10 Å². The van der Waals surface area contributed by atoms with Crippen LogP contribution in [0.25, 0.3) is 22.0 Å². The number of pyridine rings is 1. The maximum absolute atomic E-state index is 5.88. The maximum Gasteiger partial charge on any atom is 0.222 e. The van der Waals surface area contributed by atoms with Crippen molar-refractivity contribution in [3.8, 4) is 17.1 Å². The zero-order chi connectivity index (χ0) is 13.9. The lowest BCUT2D eigenvalue weighted by Crippen LogP contribution is -2.07. The van der Waals surface area contributed by atoms with E-state index in [9.17, 15) is 0 Å². The fraction of sp³-hybridized carbons (Fsp3) is 0.167. The van der Waals surface area contributed by atoms with Gasteiger partial charge in [0.1, 0.15) is 0 Å². The zero-order valence-corrected chi connectivity index (χ0v) is 11.7. The minimum atomic E-state index is 0.108. The van der Waals surface area contributed by atoms with Crippen LogP contribution in [0.15, 0.2) is 60.7 Å². The molecular formula is C18H17NO. The minimum Gasteiger partial charge on any atom is -0.474 e. The van der Waals surface area contributed by atoms with E-state index in [4.69, 9.17) is 4.74 Å². The molecule has 2 heteroatoms. The molecule has 0 bridgehead atoms. The van der Waals surface area contributed by atoms with Crippen LogP contribution >= 0.6 is 0 Å². The minimum absolute atomic E-state index is 0.108. The average molecular weight is 263 g/mol. The zero-order valence-electron chi connectivity index (χ0n) is 11.7. The van der Waals surface area contributed by atoms with Gasteiger partial charge in [-0.1, -0.05) is 48.5 Å². The van der Waals surface area contributed by atoms with E-state index in [2.05, 4.69) is 35.3 Å². The van der Waals surface area contributed by atoms with E-state index in [1.54, 1.807) is 0 Å². The summed E-state index contributed by atoms with van der Waals surface area (Å²) in [6.07, 6.45) is 0.108. The number of ether oxygens (including phenoxy) is 1. The maximum atomic E-state index is 5.88. The molecule has 0 aliphatic heterocycles. The molecule has 0 saturated carbocycles. The lowest BCUT2D eigenvalue weighted by Gasteiger charge is -2.13. The highest BCUT2D eigenvalue weighted by Gasteiger charge is 2.09. The predicted molar refractivity (Wildman–Crippen MR) is 82.9 cm³/mol. The Morgan fingerprint density at radius 3 is 2.35 bits per heavy atom. The Balaban J connectivity index is 2.20. The highest BCUT2D eigenvalue weighted by atomic mass is 16.5. The van der Waals surface area contributed by atoms with Crippen molar-refractivity contribution in [1.29, 1.82) is 0 Å². The summed E-state index contributed by atoms with van der Waals surface area (Å²) in [4.78, 5) is 4.69. The SMILES string of the molecule is CC(C)Oc1nc(-c2ccccc2)cc2ccccc12. The molecule has 100 valence electrons. The summed E-state index contributed by atoms with van der Waals surface area (Å²) >= 11 is 0. The van der Waals surface area contributed by atoms with Crippen molar-refractivity contribution in [2.45, 2.75) is 20.0 Å². The van der Waals surface area contributed by atoms with Crippen LogP contribution in [0.3, 0.4) is 0 Å². The summed E-state index contributed by atoms with van der Waals surface area (Å²) in [5, 5.41) is 2.21. The molecule has 0 atom stereocenters. The Morgan fingerprint density at radius 2 is 1.60 bits per heavy atom. The van der Waals surface area contributed by atoms with Gasteiger partial charge in [-0.15, -0.1) is 0 Å². The lowest BCUT2D eigenvalue weighted by molar-refractivity contribution is 0.236. The van der Waals surface area contributed by atoms with E-state index in [0.29, 0.717) is 5.88 Å². The van der Waals surface area contributed by atoms with Crippen LogP contribution in [-0.4, -0.2) is 11.1 Å². The van der Waals surface area contributed by atoms with Crippen molar-refractivity contribution in [3.63, 3.8) is 0 Å². The molecule has 0 fully saturated rings. The summed E-state index contributed by atoms with van der Waals surface area (Å²) in [5.74, 6) is 0.706. The third-order valence-corrected chi connectivity index (χ3v) is 3.12. The lowest BCUT2D eigenvalue weighted by atomic mass is 10.1. The van der Waals surface area contributed by atoms with Crippen LogP contribution in [0.1, 0.15) is 13.8 Å². The molecule has 0 amide bonds. The fourth-order valence-corrected chi connectivity index (χ4v) is 2.24. The van der Waals surface area contributed by atoms with Crippen molar-refractivity contribution >= 4 is 10.8 Å². The Morgan fingerprint density at radius 1 is 0.900 bits per heavy atom. The first-order chi connectivity index (χ1) is 9.74. The second-order valence-electron chi connectivity index (χ2n) is 5.07. The van der Waals surface area contributed by atoms with Gasteiger partial charge in [0, 0.05) is 10.9 Å².